The van der Waals surface area contributed by atoms with Gasteiger partial charge in [0.2, 0.25) is 0 Å². The van der Waals surface area contributed by atoms with E-state index in [0.29, 0.717) is 11.3 Å². The maximum Gasteiger partial charge on any atom is 0.417 e. The van der Waals surface area contributed by atoms with Gasteiger partial charge < -0.3 is 0 Å². The summed E-state index contributed by atoms with van der Waals surface area (Å²) < 4.78 is 38.3. The minimum Gasteiger partial charge on any atom is -0.289 e. The van der Waals surface area contributed by atoms with E-state index in [1.54, 1.807) is 19.2 Å². The minimum absolute atomic E-state index is 0.00324. The van der Waals surface area contributed by atoms with Crippen LogP contribution in [0.4, 0.5) is 13.2 Å². The van der Waals surface area contributed by atoms with Crippen molar-refractivity contribution in [1.82, 2.24) is 9.97 Å². The molecule has 2 aromatic heterocycles. The first-order valence-electron chi connectivity index (χ1n) is 6.07. The molecule has 0 fully saturated rings. The highest BCUT2D eigenvalue weighted by molar-refractivity contribution is 6.33. The first kappa shape index (κ1) is 13.5. The number of pyridine rings is 2. The fourth-order valence-corrected chi connectivity index (χ4v) is 2.25. The Morgan fingerprint density at radius 2 is 1.67 bits per heavy atom. The molecule has 0 unspecified atom stereocenters. The van der Waals surface area contributed by atoms with Crippen LogP contribution in [0.15, 0.2) is 31.1 Å². The average Bonchev–Trinajstić information content (AvgIpc) is 2.43. The van der Waals surface area contributed by atoms with Gasteiger partial charge >= 0.3 is 6.18 Å². The van der Waals surface area contributed by atoms with Crippen LogP contribution in [-0.2, 0) is 6.18 Å². The molecule has 3 nitrogen and oxygen atoms in total. The summed E-state index contributed by atoms with van der Waals surface area (Å²) in [5.74, 6) is -0.421. The fourth-order valence-electron chi connectivity index (χ4n) is 2.25. The van der Waals surface area contributed by atoms with Crippen LogP contribution < -0.4 is 0 Å². The van der Waals surface area contributed by atoms with E-state index in [-0.39, 0.29) is 16.8 Å². The first-order chi connectivity index (χ1) is 9.79. The standard InChI is InChI=1S/C15H9F3N2O/c1-7-3-11-13(19-5-7)12-10(8(2)14(11)21)4-9(6-20-12)15(16,17)18/h3-6H,2H2,1H3. The van der Waals surface area contributed by atoms with Crippen LogP contribution in [0.1, 0.15) is 27.0 Å². The van der Waals surface area contributed by atoms with Gasteiger partial charge in [0.1, 0.15) is 5.69 Å². The average molecular weight is 290 g/mol. The second kappa shape index (κ2) is 4.25. The molecule has 0 bridgehead atoms. The number of carbonyl (C=O) groups is 1. The Balaban J connectivity index is 2.29. The van der Waals surface area contributed by atoms with Crippen molar-refractivity contribution in [3.63, 3.8) is 0 Å². The molecule has 0 aliphatic heterocycles. The number of aryl methyl sites for hydroxylation is 1. The number of ketones is 1. The number of hydrogen-bond donors (Lipinski definition) is 0. The van der Waals surface area contributed by atoms with Crippen molar-refractivity contribution < 1.29 is 18.0 Å². The number of carbonyl (C=O) groups excluding carboxylic acids is 1. The van der Waals surface area contributed by atoms with Crippen LogP contribution in [0.25, 0.3) is 17.0 Å². The summed E-state index contributed by atoms with van der Waals surface area (Å²) in [6.45, 7) is 5.38. The van der Waals surface area contributed by atoms with Gasteiger partial charge in [-0.3, -0.25) is 14.8 Å². The summed E-state index contributed by atoms with van der Waals surface area (Å²) in [4.78, 5) is 20.2. The molecule has 0 saturated carbocycles. The van der Waals surface area contributed by atoms with E-state index in [2.05, 4.69) is 16.5 Å². The number of fused-ring (bicyclic) bond motifs is 3. The molecule has 1 aliphatic carbocycles. The molecule has 0 saturated heterocycles. The summed E-state index contributed by atoms with van der Waals surface area (Å²) in [6.07, 6.45) is -2.23. The second-order valence-corrected chi connectivity index (χ2v) is 4.83. The molecule has 0 atom stereocenters. The summed E-state index contributed by atoms with van der Waals surface area (Å²) >= 11 is 0. The Morgan fingerprint density at radius 3 is 2.33 bits per heavy atom. The zero-order valence-electron chi connectivity index (χ0n) is 11.0. The topological polar surface area (TPSA) is 42.9 Å². The molecule has 2 heterocycles. The Morgan fingerprint density at radius 1 is 1.05 bits per heavy atom. The lowest BCUT2D eigenvalue weighted by molar-refractivity contribution is -0.137. The maximum absolute atomic E-state index is 12.8. The lowest BCUT2D eigenvalue weighted by Gasteiger charge is -2.20. The van der Waals surface area contributed by atoms with Gasteiger partial charge in [-0.2, -0.15) is 13.2 Å². The van der Waals surface area contributed by atoms with Crippen LogP contribution in [0.3, 0.4) is 0 Å². The van der Waals surface area contributed by atoms with Crippen molar-refractivity contribution in [2.75, 3.05) is 0 Å². The zero-order chi connectivity index (χ0) is 15.4. The summed E-state index contributed by atoms with van der Waals surface area (Å²) in [7, 11) is 0. The molecule has 1 aliphatic rings. The van der Waals surface area contributed by atoms with Crippen molar-refractivity contribution in [1.29, 1.82) is 0 Å². The number of nitrogens with zero attached hydrogens (tertiary/aromatic N) is 2. The van der Waals surface area contributed by atoms with Gasteiger partial charge in [0, 0.05) is 23.5 Å². The third-order valence-electron chi connectivity index (χ3n) is 3.31. The number of aromatic nitrogens is 2. The van der Waals surface area contributed by atoms with Gasteiger partial charge in [0.05, 0.1) is 16.8 Å². The monoisotopic (exact) mass is 290 g/mol. The number of Topliss-reactive ketones (excluding diaryl/α,β-unsaturated/α-hetero) is 1. The zero-order valence-corrected chi connectivity index (χ0v) is 11.0. The molecular weight excluding hydrogens is 281 g/mol. The van der Waals surface area contributed by atoms with E-state index in [1.807, 2.05) is 0 Å². The van der Waals surface area contributed by atoms with Gasteiger partial charge in [0.15, 0.2) is 5.78 Å². The van der Waals surface area contributed by atoms with E-state index in [1.165, 1.54) is 0 Å². The van der Waals surface area contributed by atoms with Crippen LogP contribution in [-0.4, -0.2) is 15.8 Å². The third kappa shape index (κ3) is 2.03. The molecule has 0 amide bonds. The Bertz CT molecular complexity index is 794. The predicted octanol–water partition coefficient (Wildman–Crippen LogP) is 3.68. The molecule has 0 N–H and O–H groups in total. The van der Waals surface area contributed by atoms with Gasteiger partial charge in [-0.05, 0) is 24.6 Å². The van der Waals surface area contributed by atoms with Gasteiger partial charge in [-0.15, -0.1) is 0 Å². The van der Waals surface area contributed by atoms with E-state index in [0.717, 1.165) is 17.8 Å². The Hall–Kier alpha value is -2.50. The highest BCUT2D eigenvalue weighted by atomic mass is 19.4. The first-order valence-corrected chi connectivity index (χ1v) is 6.07. The predicted molar refractivity (Wildman–Crippen MR) is 70.6 cm³/mol. The molecule has 3 rings (SSSR count). The molecule has 0 radical (unpaired) electrons. The maximum atomic E-state index is 12.8. The van der Waals surface area contributed by atoms with E-state index in [4.69, 9.17) is 0 Å². The Kier molecular flexibility index (Phi) is 2.73. The number of hydrogen-bond acceptors (Lipinski definition) is 3. The Labute approximate surface area is 118 Å². The number of rotatable bonds is 0. The van der Waals surface area contributed by atoms with Crippen LogP contribution >= 0.6 is 0 Å². The van der Waals surface area contributed by atoms with Crippen LogP contribution in [0.2, 0.25) is 0 Å². The molecule has 21 heavy (non-hydrogen) atoms. The molecule has 6 heteroatoms. The third-order valence-corrected chi connectivity index (χ3v) is 3.31. The van der Waals surface area contributed by atoms with E-state index in [9.17, 15) is 18.0 Å². The molecular formula is C15H9F3N2O. The van der Waals surface area contributed by atoms with Gasteiger partial charge in [-0.1, -0.05) is 6.58 Å². The quantitative estimate of drug-likeness (QED) is 0.695. The summed E-state index contributed by atoms with van der Waals surface area (Å²) in [6, 6.07) is 2.53. The van der Waals surface area contributed by atoms with E-state index >= 15 is 0 Å². The van der Waals surface area contributed by atoms with Gasteiger partial charge in [0.25, 0.3) is 0 Å². The number of allylic oxidation sites excluding steroid dienone is 1. The lowest BCUT2D eigenvalue weighted by atomic mass is 9.87. The molecule has 0 spiro atoms. The SMILES string of the molecule is C=C1C(=O)c2cc(C)cnc2-c2ncc(C(F)(F)F)cc21. The summed E-state index contributed by atoms with van der Waals surface area (Å²) in [5.41, 5.74) is 0.822. The fraction of sp³-hybridized carbons (Fsp3) is 0.133. The normalized spacial score (nSPS) is 13.9. The molecule has 2 aromatic rings. The highest BCUT2D eigenvalue weighted by Gasteiger charge is 2.35. The van der Waals surface area contributed by atoms with Crippen molar-refractivity contribution in [2.45, 2.75) is 13.1 Å². The van der Waals surface area contributed by atoms with Crippen molar-refractivity contribution >= 4 is 11.4 Å². The minimum atomic E-state index is -4.52. The van der Waals surface area contributed by atoms with Crippen LogP contribution in [0, 0.1) is 6.92 Å². The van der Waals surface area contributed by atoms with Crippen molar-refractivity contribution in [3.8, 4) is 11.4 Å². The van der Waals surface area contributed by atoms with E-state index < -0.39 is 17.5 Å². The number of alkyl halides is 3. The summed E-state index contributed by atoms with van der Waals surface area (Å²) in [5, 5.41) is 0. The lowest BCUT2D eigenvalue weighted by Crippen LogP contribution is -2.16. The largest absolute Gasteiger partial charge is 0.417 e. The van der Waals surface area contributed by atoms with Crippen molar-refractivity contribution in [2.24, 2.45) is 0 Å². The van der Waals surface area contributed by atoms with Gasteiger partial charge in [-0.25, -0.2) is 0 Å². The van der Waals surface area contributed by atoms with Crippen molar-refractivity contribution in [3.05, 3.63) is 53.4 Å². The highest BCUT2D eigenvalue weighted by Crippen LogP contribution is 2.39. The number of halogens is 3. The molecule has 106 valence electrons. The molecule has 0 aromatic carbocycles. The smallest absolute Gasteiger partial charge is 0.289 e. The second-order valence-electron chi connectivity index (χ2n) is 4.83. The van der Waals surface area contributed by atoms with Crippen LogP contribution in [0.5, 0.6) is 0 Å².